The Hall–Kier alpha value is -7.23. The summed E-state index contributed by atoms with van der Waals surface area (Å²) in [4.78, 5) is 5.25. The fraction of sp³-hybridized carbons (Fsp3) is 0.105. The quantitative estimate of drug-likeness (QED) is 0.158. The van der Waals surface area contributed by atoms with Gasteiger partial charge in [0.1, 0.15) is 0 Å². The molecule has 8 aromatic rings. The normalized spacial score (nSPS) is 12.5. The van der Waals surface area contributed by atoms with Crippen LogP contribution in [0.1, 0.15) is 45.7 Å². The molecule has 2 heterocycles. The summed E-state index contributed by atoms with van der Waals surface area (Å²) in [6.07, 6.45) is 5.58. The van der Waals surface area contributed by atoms with E-state index in [1.165, 1.54) is 27.8 Å². The van der Waals surface area contributed by atoms with Crippen molar-refractivity contribution in [2.45, 2.75) is 40.0 Å². The maximum atomic E-state index is 6.96. The Labute approximate surface area is 355 Å². The Bertz CT molecular complexity index is 2830. The maximum Gasteiger partial charge on any atom is 0.178 e. The number of benzene rings is 7. The maximum absolute atomic E-state index is 6.96. The number of hydrogen-bond donors (Lipinski definition) is 0. The first-order chi connectivity index (χ1) is 29.4. The van der Waals surface area contributed by atoms with Crippen LogP contribution >= 0.6 is 0 Å². The molecule has 3 nitrogen and oxygen atoms in total. The van der Waals surface area contributed by atoms with Crippen molar-refractivity contribution < 1.29 is 9.47 Å². The molecule has 0 atom stereocenters. The number of hydrogen-bond acceptors (Lipinski definition) is 3. The van der Waals surface area contributed by atoms with Gasteiger partial charge in [-0.2, -0.15) is 0 Å². The van der Waals surface area contributed by atoms with E-state index < -0.39 is 0 Å². The minimum atomic E-state index is -0.137. The van der Waals surface area contributed by atoms with Gasteiger partial charge in [0.05, 0.1) is 11.4 Å². The minimum absolute atomic E-state index is 0.137. The molecular formula is C57H49NO2. The Balaban J connectivity index is 0.000000666. The molecule has 10 rings (SSSR count). The van der Waals surface area contributed by atoms with Crippen LogP contribution in [-0.4, -0.2) is 4.98 Å². The van der Waals surface area contributed by atoms with Gasteiger partial charge in [0.25, 0.3) is 0 Å². The van der Waals surface area contributed by atoms with Gasteiger partial charge in [-0.25, -0.2) is 4.98 Å². The van der Waals surface area contributed by atoms with Gasteiger partial charge >= 0.3 is 0 Å². The standard InChI is InChI=1S/C50H35NO2.C5H8.C2H6/c1-50(2)41-24-10-9-22-40(41)47-42(50)26-27-46-49(47)53-48-39(23-13-25-45(48)52-46)36-20-12-21-37(29-36)44-31-38(30-43(51-44)33-16-7-4-8-17-33)35-19-11-18-34(28-35)32-14-5-3-6-15-32;1-3-5-4-2;1-2/h3-31H,1-2H3;3-5H,1H2,2H3;1-2H3/b;5-4-;. The first-order valence-electron chi connectivity index (χ1n) is 20.8. The van der Waals surface area contributed by atoms with Crippen molar-refractivity contribution in [1.29, 1.82) is 0 Å². The summed E-state index contributed by atoms with van der Waals surface area (Å²) in [5, 5.41) is 0. The third-order valence-corrected chi connectivity index (χ3v) is 11.1. The van der Waals surface area contributed by atoms with Crippen LogP contribution in [0.15, 0.2) is 201 Å². The zero-order chi connectivity index (χ0) is 41.6. The lowest BCUT2D eigenvalue weighted by molar-refractivity contribution is 0.361. The zero-order valence-corrected chi connectivity index (χ0v) is 34.9. The number of rotatable bonds is 6. The third-order valence-electron chi connectivity index (χ3n) is 11.1. The largest absolute Gasteiger partial charge is 0.449 e. The average molecular weight is 780 g/mol. The van der Waals surface area contributed by atoms with Crippen LogP contribution in [0.3, 0.4) is 0 Å². The van der Waals surface area contributed by atoms with E-state index in [4.69, 9.17) is 14.5 Å². The van der Waals surface area contributed by atoms with Crippen molar-refractivity contribution in [3.63, 3.8) is 0 Å². The van der Waals surface area contributed by atoms with Crippen molar-refractivity contribution >= 4 is 0 Å². The molecule has 0 bridgehead atoms. The molecule has 3 heteroatoms. The predicted molar refractivity (Wildman–Crippen MR) is 252 cm³/mol. The first-order valence-corrected chi connectivity index (χ1v) is 20.8. The van der Waals surface area contributed by atoms with Gasteiger partial charge in [-0.3, -0.25) is 0 Å². The summed E-state index contributed by atoms with van der Waals surface area (Å²) < 4.78 is 13.6. The van der Waals surface area contributed by atoms with Gasteiger partial charge in [0.2, 0.25) is 0 Å². The van der Waals surface area contributed by atoms with Crippen molar-refractivity contribution in [2.75, 3.05) is 0 Å². The number of allylic oxidation sites excluding steroid dienone is 3. The fourth-order valence-electron chi connectivity index (χ4n) is 8.17. The molecule has 1 aliphatic heterocycles. The number of aromatic nitrogens is 1. The molecule has 1 aliphatic carbocycles. The molecular weight excluding hydrogens is 731 g/mol. The lowest BCUT2D eigenvalue weighted by Gasteiger charge is -2.26. The highest BCUT2D eigenvalue weighted by atomic mass is 16.6. The lowest BCUT2D eigenvalue weighted by Crippen LogP contribution is -2.15. The molecule has 0 spiro atoms. The van der Waals surface area contributed by atoms with Crippen LogP contribution in [0.5, 0.6) is 23.0 Å². The van der Waals surface area contributed by atoms with E-state index >= 15 is 0 Å². The van der Waals surface area contributed by atoms with E-state index in [1.807, 2.05) is 51.1 Å². The second kappa shape index (κ2) is 17.3. The zero-order valence-electron chi connectivity index (χ0n) is 34.9. The Morgan fingerprint density at radius 3 is 1.72 bits per heavy atom. The number of ether oxygens (including phenoxy) is 2. The molecule has 7 aromatic carbocycles. The number of nitrogens with zero attached hydrogens (tertiary/aromatic N) is 1. The molecule has 0 radical (unpaired) electrons. The van der Waals surface area contributed by atoms with Crippen LogP contribution < -0.4 is 9.47 Å². The van der Waals surface area contributed by atoms with Gasteiger partial charge in [-0.05, 0) is 87.8 Å². The van der Waals surface area contributed by atoms with Crippen molar-refractivity contribution in [3.05, 3.63) is 212 Å². The SMILES string of the molecule is C=C/C=C\C.CC.CC1(C)c2ccccc2-c2c1ccc1c2Oc2c(cccc2-c2cccc(-c3cc(-c4cccc(-c5ccccc5)c4)cc(-c4ccccc4)n3)c2)O1. The summed E-state index contributed by atoms with van der Waals surface area (Å²) in [5.41, 5.74) is 15.3. The van der Waals surface area contributed by atoms with Crippen molar-refractivity contribution in [2.24, 2.45) is 0 Å². The van der Waals surface area contributed by atoms with Crippen molar-refractivity contribution in [1.82, 2.24) is 4.98 Å². The molecule has 0 N–H and O–H groups in total. The smallest absolute Gasteiger partial charge is 0.178 e. The van der Waals surface area contributed by atoms with Crippen LogP contribution in [0.4, 0.5) is 0 Å². The van der Waals surface area contributed by atoms with Gasteiger partial charge in [0.15, 0.2) is 23.0 Å². The van der Waals surface area contributed by atoms with Crippen LogP contribution in [0.25, 0.3) is 67.0 Å². The Morgan fingerprint density at radius 2 is 1.02 bits per heavy atom. The molecule has 0 fully saturated rings. The Morgan fingerprint density at radius 1 is 0.467 bits per heavy atom. The van der Waals surface area contributed by atoms with Gasteiger partial charge < -0.3 is 9.47 Å². The molecule has 0 saturated carbocycles. The summed E-state index contributed by atoms with van der Waals surface area (Å²) in [5.74, 6) is 2.93. The third kappa shape index (κ3) is 7.58. The monoisotopic (exact) mass is 779 g/mol. The van der Waals surface area contributed by atoms with E-state index in [2.05, 4.69) is 178 Å². The summed E-state index contributed by atoms with van der Waals surface area (Å²) in [6.45, 7) is 14.0. The van der Waals surface area contributed by atoms with Gasteiger partial charge in [0, 0.05) is 27.7 Å². The molecule has 0 amide bonds. The average Bonchev–Trinajstić information content (AvgIpc) is 3.55. The highest BCUT2D eigenvalue weighted by Crippen LogP contribution is 2.59. The molecule has 1 aromatic heterocycles. The van der Waals surface area contributed by atoms with Crippen LogP contribution in [0.2, 0.25) is 0 Å². The van der Waals surface area contributed by atoms with E-state index in [-0.39, 0.29) is 5.41 Å². The number of pyridine rings is 1. The topological polar surface area (TPSA) is 31.4 Å². The van der Waals surface area contributed by atoms with Crippen LogP contribution in [-0.2, 0) is 5.41 Å². The van der Waals surface area contributed by atoms with E-state index in [0.29, 0.717) is 5.75 Å². The van der Waals surface area contributed by atoms with Crippen LogP contribution in [0, 0.1) is 0 Å². The number of para-hydroxylation sites is 1. The lowest BCUT2D eigenvalue weighted by atomic mass is 9.82. The molecule has 0 saturated heterocycles. The predicted octanol–water partition coefficient (Wildman–Crippen LogP) is 16.4. The van der Waals surface area contributed by atoms with Gasteiger partial charge in [-0.1, -0.05) is 192 Å². The van der Waals surface area contributed by atoms with E-state index in [9.17, 15) is 0 Å². The highest BCUT2D eigenvalue weighted by Gasteiger charge is 2.39. The second-order valence-corrected chi connectivity index (χ2v) is 15.1. The molecule has 294 valence electrons. The highest BCUT2D eigenvalue weighted by molar-refractivity contribution is 5.89. The number of fused-ring (bicyclic) bond motifs is 6. The Kier molecular flexibility index (Phi) is 11.4. The van der Waals surface area contributed by atoms with Gasteiger partial charge in [-0.15, -0.1) is 0 Å². The second-order valence-electron chi connectivity index (χ2n) is 15.1. The summed E-state index contributed by atoms with van der Waals surface area (Å²) >= 11 is 0. The molecule has 0 unspecified atom stereocenters. The summed E-state index contributed by atoms with van der Waals surface area (Å²) in [6, 6.07) is 61.7. The first kappa shape index (κ1) is 39.6. The molecule has 60 heavy (non-hydrogen) atoms. The molecule has 2 aliphatic rings. The summed E-state index contributed by atoms with van der Waals surface area (Å²) in [7, 11) is 0. The van der Waals surface area contributed by atoms with Crippen molar-refractivity contribution in [3.8, 4) is 90.0 Å². The van der Waals surface area contributed by atoms with E-state index in [0.717, 1.165) is 67.6 Å². The fourth-order valence-corrected chi connectivity index (χ4v) is 8.17. The minimum Gasteiger partial charge on any atom is -0.449 e. The van der Waals surface area contributed by atoms with E-state index in [1.54, 1.807) is 6.08 Å².